The van der Waals surface area contributed by atoms with Gasteiger partial charge in [-0.3, -0.25) is 24.3 Å². The fourth-order valence-electron chi connectivity index (χ4n) is 4.40. The van der Waals surface area contributed by atoms with Gasteiger partial charge in [0.25, 0.3) is 5.91 Å². The first kappa shape index (κ1) is 25.4. The summed E-state index contributed by atoms with van der Waals surface area (Å²) >= 11 is 0. The molecule has 2 amide bonds. The van der Waals surface area contributed by atoms with Crippen molar-refractivity contribution in [3.8, 4) is 0 Å². The number of nitrogens with two attached hydrogens (primary N) is 1. The number of methoxy groups -OCH3 is 1. The summed E-state index contributed by atoms with van der Waals surface area (Å²) in [5, 5.41) is 7.84. The molecule has 0 saturated heterocycles. The van der Waals surface area contributed by atoms with Gasteiger partial charge in [0.2, 0.25) is 6.41 Å². The minimum absolute atomic E-state index is 0.0943. The van der Waals surface area contributed by atoms with E-state index in [0.717, 1.165) is 11.1 Å². The van der Waals surface area contributed by atoms with Gasteiger partial charge in [0.15, 0.2) is 0 Å². The highest BCUT2D eigenvalue weighted by molar-refractivity contribution is 6.10. The zero-order chi connectivity index (χ0) is 27.2. The van der Waals surface area contributed by atoms with Crippen LogP contribution < -0.4 is 5.73 Å². The van der Waals surface area contributed by atoms with Crippen molar-refractivity contribution in [2.24, 2.45) is 7.05 Å². The Labute approximate surface area is 214 Å². The number of carbonyl (C=O) groups excluding carboxylic acids is 2. The predicted octanol–water partition coefficient (Wildman–Crippen LogP) is 3.31. The molecule has 2 N–H and O–H groups in total. The first-order chi connectivity index (χ1) is 18.0. The van der Waals surface area contributed by atoms with Crippen LogP contribution in [0.1, 0.15) is 34.5 Å². The van der Waals surface area contributed by atoms with E-state index in [2.05, 4.69) is 15.1 Å². The topological polar surface area (TPSA) is 119 Å². The molecule has 198 valence electrons. The highest BCUT2D eigenvalue weighted by Crippen LogP contribution is 2.40. The van der Waals surface area contributed by atoms with Gasteiger partial charge in [0, 0.05) is 31.3 Å². The monoisotopic (exact) mass is 527 g/mol. The molecule has 1 saturated carbocycles. The third kappa shape index (κ3) is 4.60. The minimum Gasteiger partial charge on any atom is -0.383 e. The van der Waals surface area contributed by atoms with Gasteiger partial charge >= 0.3 is 6.18 Å². The SMILES string of the molecule is COC1(CN(C=O)N(Cc2ccc(C(F)(F)F)cn2)C(=O)c2ccc3nc(N)c4cnn(C)c4c3c2)CC1. The van der Waals surface area contributed by atoms with E-state index < -0.39 is 23.2 Å². The number of nitrogen functional groups attached to an aromatic ring is 1. The summed E-state index contributed by atoms with van der Waals surface area (Å²) in [6.07, 6.45) is -0.351. The lowest BCUT2D eigenvalue weighted by Crippen LogP contribution is -2.49. The van der Waals surface area contributed by atoms with Crippen molar-refractivity contribution < 1.29 is 27.5 Å². The number of rotatable bonds is 8. The number of halogens is 3. The summed E-state index contributed by atoms with van der Waals surface area (Å²) in [5.74, 6) is -0.254. The molecule has 3 aromatic heterocycles. The summed E-state index contributed by atoms with van der Waals surface area (Å²) in [7, 11) is 3.27. The van der Waals surface area contributed by atoms with Gasteiger partial charge in [-0.15, -0.1) is 0 Å². The fraction of sp³-hybridized carbons (Fsp3) is 0.320. The van der Waals surface area contributed by atoms with E-state index in [1.807, 2.05) is 0 Å². The zero-order valence-electron chi connectivity index (χ0n) is 20.6. The number of aromatic nitrogens is 4. The largest absolute Gasteiger partial charge is 0.417 e. The van der Waals surface area contributed by atoms with Gasteiger partial charge in [-0.2, -0.15) is 18.3 Å². The van der Waals surface area contributed by atoms with Crippen LogP contribution >= 0.6 is 0 Å². The number of anilines is 1. The van der Waals surface area contributed by atoms with E-state index in [9.17, 15) is 22.8 Å². The van der Waals surface area contributed by atoms with Crippen LogP contribution in [0.4, 0.5) is 19.0 Å². The van der Waals surface area contributed by atoms with E-state index in [1.54, 1.807) is 36.1 Å². The van der Waals surface area contributed by atoms with Gasteiger partial charge in [0.1, 0.15) is 5.82 Å². The minimum atomic E-state index is -4.55. The van der Waals surface area contributed by atoms with Gasteiger partial charge in [0.05, 0.1) is 52.6 Å². The molecule has 10 nitrogen and oxygen atoms in total. The Bertz CT molecular complexity index is 1530. The number of hydrogen-bond donors (Lipinski definition) is 1. The molecule has 1 aliphatic carbocycles. The number of fused-ring (bicyclic) bond motifs is 3. The molecule has 1 aliphatic rings. The smallest absolute Gasteiger partial charge is 0.383 e. The van der Waals surface area contributed by atoms with Crippen LogP contribution in [-0.4, -0.2) is 61.3 Å². The number of carbonyl (C=O) groups is 2. The second-order valence-corrected chi connectivity index (χ2v) is 9.25. The lowest BCUT2D eigenvalue weighted by atomic mass is 10.1. The van der Waals surface area contributed by atoms with Crippen LogP contribution in [-0.2, 0) is 29.3 Å². The molecule has 38 heavy (non-hydrogen) atoms. The zero-order valence-corrected chi connectivity index (χ0v) is 20.6. The molecule has 0 atom stereocenters. The number of hydrogen-bond acceptors (Lipinski definition) is 7. The quantitative estimate of drug-likeness (QED) is 0.276. The van der Waals surface area contributed by atoms with Gasteiger partial charge in [-0.25, -0.2) is 9.99 Å². The molecule has 3 heterocycles. The molecule has 13 heteroatoms. The summed E-state index contributed by atoms with van der Waals surface area (Å²) in [6, 6.07) is 6.90. The van der Waals surface area contributed by atoms with E-state index in [4.69, 9.17) is 10.5 Å². The summed E-state index contributed by atoms with van der Waals surface area (Å²) < 4.78 is 46.2. The Kier molecular flexibility index (Phi) is 6.18. The van der Waals surface area contributed by atoms with Crippen molar-refractivity contribution in [1.82, 2.24) is 29.8 Å². The van der Waals surface area contributed by atoms with Gasteiger partial charge < -0.3 is 10.5 Å². The maximum absolute atomic E-state index is 13.8. The van der Waals surface area contributed by atoms with Crippen molar-refractivity contribution in [1.29, 1.82) is 0 Å². The van der Waals surface area contributed by atoms with Gasteiger partial charge in [-0.1, -0.05) is 0 Å². The first-order valence-corrected chi connectivity index (χ1v) is 11.7. The molecular formula is C25H24F3N7O3. The van der Waals surface area contributed by atoms with Crippen LogP contribution in [0.25, 0.3) is 21.8 Å². The van der Waals surface area contributed by atoms with E-state index >= 15 is 0 Å². The van der Waals surface area contributed by atoms with E-state index in [-0.39, 0.29) is 24.3 Å². The number of aryl methyl sites for hydroxylation is 1. The molecule has 0 radical (unpaired) electrons. The second-order valence-electron chi connectivity index (χ2n) is 9.25. The third-order valence-corrected chi connectivity index (χ3v) is 6.78. The van der Waals surface area contributed by atoms with Crippen LogP contribution in [0.2, 0.25) is 0 Å². The fourth-order valence-corrected chi connectivity index (χ4v) is 4.40. The van der Waals surface area contributed by atoms with Crippen LogP contribution in [0.15, 0.2) is 42.7 Å². The summed E-state index contributed by atoms with van der Waals surface area (Å²) in [6.45, 7) is -0.147. The lowest BCUT2D eigenvalue weighted by molar-refractivity contribution is -0.137. The molecule has 5 rings (SSSR count). The molecule has 0 aliphatic heterocycles. The number of nitrogens with zero attached hydrogens (tertiary/aromatic N) is 6. The predicted molar refractivity (Wildman–Crippen MR) is 131 cm³/mol. The molecule has 4 aromatic rings. The Morgan fingerprint density at radius 1 is 1.21 bits per heavy atom. The normalized spacial score (nSPS) is 14.6. The van der Waals surface area contributed by atoms with Crippen molar-refractivity contribution in [2.75, 3.05) is 19.4 Å². The van der Waals surface area contributed by atoms with Crippen molar-refractivity contribution >= 4 is 39.9 Å². The van der Waals surface area contributed by atoms with Crippen LogP contribution in [0.3, 0.4) is 0 Å². The maximum Gasteiger partial charge on any atom is 0.417 e. The Balaban J connectivity index is 1.55. The van der Waals surface area contributed by atoms with Crippen molar-refractivity contribution in [2.45, 2.75) is 31.2 Å². The number of benzene rings is 1. The standard InChI is InChI=1S/C25H24F3N7O3/c1-33-21-18-9-15(3-6-20(18)32-22(29)19(21)11-31-33)23(37)35(34(14-36)13-24(38-2)7-8-24)12-17-5-4-16(10-30-17)25(26,27)28/h3-6,9-11,14H,7-8,12-13H2,1-2H3,(H2,29,32). The average Bonchev–Trinajstić information content (AvgIpc) is 3.57. The number of amides is 2. The Morgan fingerprint density at radius 2 is 1.97 bits per heavy atom. The Morgan fingerprint density at radius 3 is 2.58 bits per heavy atom. The van der Waals surface area contributed by atoms with Crippen molar-refractivity contribution in [3.63, 3.8) is 0 Å². The summed E-state index contributed by atoms with van der Waals surface area (Å²) in [5.41, 5.74) is 6.20. The number of pyridine rings is 2. The number of alkyl halides is 3. The Hall–Kier alpha value is -4.26. The maximum atomic E-state index is 13.8. The van der Waals surface area contributed by atoms with Crippen molar-refractivity contribution in [3.05, 3.63) is 59.5 Å². The van der Waals surface area contributed by atoms with Gasteiger partial charge in [-0.05, 0) is 43.2 Å². The first-order valence-electron chi connectivity index (χ1n) is 11.7. The van der Waals surface area contributed by atoms with E-state index in [1.165, 1.54) is 18.2 Å². The summed E-state index contributed by atoms with van der Waals surface area (Å²) in [4.78, 5) is 34.3. The highest BCUT2D eigenvalue weighted by atomic mass is 19.4. The number of hydrazine groups is 1. The molecule has 0 spiro atoms. The molecule has 1 fully saturated rings. The second kappa shape index (κ2) is 9.24. The van der Waals surface area contributed by atoms with E-state index in [0.29, 0.717) is 53.1 Å². The average molecular weight is 528 g/mol. The molecule has 0 unspecified atom stereocenters. The van der Waals surface area contributed by atoms with Crippen LogP contribution in [0.5, 0.6) is 0 Å². The highest BCUT2D eigenvalue weighted by Gasteiger charge is 2.46. The van der Waals surface area contributed by atoms with Crippen LogP contribution in [0, 0.1) is 0 Å². The number of ether oxygens (including phenoxy) is 1. The molecule has 0 bridgehead atoms. The molecule has 1 aromatic carbocycles. The third-order valence-electron chi connectivity index (χ3n) is 6.78. The molecular weight excluding hydrogens is 503 g/mol. The lowest BCUT2D eigenvalue weighted by Gasteiger charge is -2.34.